The lowest BCUT2D eigenvalue weighted by Crippen LogP contribution is -2.05. The molecule has 92 valence electrons. The number of nitrogens with zero attached hydrogens (tertiary/aromatic N) is 3. The van der Waals surface area contributed by atoms with Crippen molar-refractivity contribution in [1.29, 1.82) is 0 Å². The average Bonchev–Trinajstić information content (AvgIpc) is 2.81. The molecule has 2 aromatic heterocycles. The molecule has 0 aliphatic heterocycles. The molecule has 5 nitrogen and oxygen atoms in total. The van der Waals surface area contributed by atoms with Crippen LogP contribution in [0.3, 0.4) is 0 Å². The van der Waals surface area contributed by atoms with Crippen molar-refractivity contribution in [3.8, 4) is 11.4 Å². The number of thiophene rings is 1. The van der Waals surface area contributed by atoms with Crippen molar-refractivity contribution in [2.75, 3.05) is 0 Å². The maximum atomic E-state index is 11.3. The minimum Gasteiger partial charge on any atom is -0.297 e. The highest BCUT2D eigenvalue weighted by molar-refractivity contribution is 9.11. The van der Waals surface area contributed by atoms with Crippen molar-refractivity contribution < 1.29 is 8.42 Å². The van der Waals surface area contributed by atoms with E-state index in [2.05, 4.69) is 26.1 Å². The molecule has 0 N–H and O–H groups in total. The number of rotatable bonds is 3. The molecule has 0 radical (unpaired) electrons. The van der Waals surface area contributed by atoms with Crippen LogP contribution in [0.2, 0.25) is 0 Å². The molecule has 2 aromatic rings. The highest BCUT2D eigenvalue weighted by atomic mass is 79.9. The lowest BCUT2D eigenvalue weighted by Gasteiger charge is -2.03. The molecule has 0 saturated heterocycles. The van der Waals surface area contributed by atoms with Gasteiger partial charge in [-0.2, -0.15) is 0 Å². The molecule has 0 amide bonds. The maximum absolute atomic E-state index is 11.3. The molecule has 0 atom stereocenters. The van der Waals surface area contributed by atoms with Crippen LogP contribution in [0.15, 0.2) is 20.4 Å². The zero-order valence-electron chi connectivity index (χ0n) is 8.59. The second-order valence-electron chi connectivity index (χ2n) is 3.13. The van der Waals surface area contributed by atoms with Gasteiger partial charge in [0.05, 0.1) is 3.79 Å². The van der Waals surface area contributed by atoms with Crippen LogP contribution >= 0.6 is 37.9 Å². The van der Waals surface area contributed by atoms with Gasteiger partial charge in [-0.25, -0.2) is 8.42 Å². The fourth-order valence-electron chi connectivity index (χ4n) is 1.40. The van der Waals surface area contributed by atoms with Crippen LogP contribution < -0.4 is 0 Å². The van der Waals surface area contributed by atoms with Gasteiger partial charge in [-0.05, 0) is 28.9 Å². The summed E-state index contributed by atoms with van der Waals surface area (Å²) in [4.78, 5) is 0. The highest BCUT2D eigenvalue weighted by Gasteiger charge is 2.22. The molecule has 17 heavy (non-hydrogen) atoms. The van der Waals surface area contributed by atoms with E-state index in [1.807, 2.05) is 11.4 Å². The molecule has 0 aliphatic carbocycles. The van der Waals surface area contributed by atoms with Gasteiger partial charge in [0.2, 0.25) is 0 Å². The Morgan fingerprint density at radius 1 is 1.53 bits per heavy atom. The first kappa shape index (κ1) is 13.0. The Kier molecular flexibility index (Phi) is 3.58. The summed E-state index contributed by atoms with van der Waals surface area (Å²) in [6, 6.07) is 1.85. The van der Waals surface area contributed by atoms with E-state index < -0.39 is 9.05 Å². The smallest absolute Gasteiger partial charge is 0.296 e. The summed E-state index contributed by atoms with van der Waals surface area (Å²) in [5, 5.41) is 9.14. The van der Waals surface area contributed by atoms with Crippen LogP contribution in [-0.4, -0.2) is 23.2 Å². The third kappa shape index (κ3) is 2.54. The van der Waals surface area contributed by atoms with Gasteiger partial charge < -0.3 is 0 Å². The van der Waals surface area contributed by atoms with E-state index in [1.165, 1.54) is 15.9 Å². The standard InChI is InChI=1S/C8H7BrClN3O2S2/c1-2-13-7(5-3-6(9)16-4-5)11-12-8(13)17(10,14)15/h3-4H,2H2,1H3. The summed E-state index contributed by atoms with van der Waals surface area (Å²) >= 11 is 4.83. The maximum Gasteiger partial charge on any atom is 0.296 e. The van der Waals surface area contributed by atoms with Crippen LogP contribution in [0.25, 0.3) is 11.4 Å². The minimum absolute atomic E-state index is 0.223. The molecule has 9 heteroatoms. The van der Waals surface area contributed by atoms with E-state index in [0.717, 1.165) is 9.35 Å². The van der Waals surface area contributed by atoms with E-state index in [4.69, 9.17) is 10.7 Å². The van der Waals surface area contributed by atoms with Gasteiger partial charge in [0.15, 0.2) is 5.82 Å². The van der Waals surface area contributed by atoms with Crippen molar-refractivity contribution in [3.63, 3.8) is 0 Å². The molecule has 0 aliphatic rings. The molecule has 2 rings (SSSR count). The van der Waals surface area contributed by atoms with Crippen LogP contribution in [0.5, 0.6) is 0 Å². The molecule has 2 heterocycles. The van der Waals surface area contributed by atoms with Gasteiger partial charge in [0, 0.05) is 28.2 Å². The largest absolute Gasteiger partial charge is 0.297 e. The molecule has 0 bridgehead atoms. The molecule has 0 saturated carbocycles. The van der Waals surface area contributed by atoms with E-state index in [9.17, 15) is 8.42 Å². The average molecular weight is 357 g/mol. The van der Waals surface area contributed by atoms with Crippen molar-refractivity contribution in [2.45, 2.75) is 18.6 Å². The van der Waals surface area contributed by atoms with Crippen molar-refractivity contribution in [1.82, 2.24) is 14.8 Å². The number of aromatic nitrogens is 3. The second-order valence-corrected chi connectivity index (χ2v) is 7.88. The summed E-state index contributed by atoms with van der Waals surface area (Å²) in [7, 11) is 1.42. The van der Waals surface area contributed by atoms with E-state index in [1.54, 1.807) is 6.92 Å². The lowest BCUT2D eigenvalue weighted by molar-refractivity contribution is 0.583. The molecule has 0 spiro atoms. The summed E-state index contributed by atoms with van der Waals surface area (Å²) in [5.74, 6) is 0.494. The van der Waals surface area contributed by atoms with Gasteiger partial charge in [-0.1, -0.05) is 0 Å². The van der Waals surface area contributed by atoms with Crippen LogP contribution in [-0.2, 0) is 15.6 Å². The first-order valence-electron chi connectivity index (χ1n) is 4.55. The number of hydrogen-bond donors (Lipinski definition) is 0. The predicted octanol–water partition coefficient (Wildman–Crippen LogP) is 2.72. The van der Waals surface area contributed by atoms with Gasteiger partial charge in [0.1, 0.15) is 0 Å². The summed E-state index contributed by atoms with van der Waals surface area (Å²) in [6.07, 6.45) is 0. The normalized spacial score (nSPS) is 11.9. The Hall–Kier alpha value is -0.440. The Bertz CT molecular complexity index is 650. The van der Waals surface area contributed by atoms with Crippen LogP contribution in [0, 0.1) is 0 Å². The Morgan fingerprint density at radius 3 is 2.71 bits per heavy atom. The Labute approximate surface area is 115 Å². The fraction of sp³-hybridized carbons (Fsp3) is 0.250. The first-order valence-corrected chi connectivity index (χ1v) is 8.54. The number of halogens is 2. The second kappa shape index (κ2) is 4.68. The number of hydrogen-bond acceptors (Lipinski definition) is 5. The topological polar surface area (TPSA) is 64.8 Å². The monoisotopic (exact) mass is 355 g/mol. The van der Waals surface area contributed by atoms with Crippen LogP contribution in [0.4, 0.5) is 0 Å². The third-order valence-corrected chi connectivity index (χ3v) is 4.73. The van der Waals surface area contributed by atoms with E-state index >= 15 is 0 Å². The molecule has 0 unspecified atom stereocenters. The summed E-state index contributed by atoms with van der Waals surface area (Å²) in [5.41, 5.74) is 0.808. The Balaban J connectivity index is 2.61. The molecular formula is C8H7BrClN3O2S2. The fourth-order valence-corrected chi connectivity index (χ4v) is 3.49. The Morgan fingerprint density at radius 2 is 2.24 bits per heavy atom. The SMILES string of the molecule is CCn1c(-c2csc(Br)c2)nnc1S(=O)(=O)Cl. The quantitative estimate of drug-likeness (QED) is 0.793. The van der Waals surface area contributed by atoms with Crippen LogP contribution in [0.1, 0.15) is 6.92 Å². The zero-order valence-corrected chi connectivity index (χ0v) is 12.6. The van der Waals surface area contributed by atoms with Gasteiger partial charge in [-0.3, -0.25) is 4.57 Å². The van der Waals surface area contributed by atoms with Crippen molar-refractivity contribution in [2.24, 2.45) is 0 Å². The first-order chi connectivity index (χ1) is 7.93. The van der Waals surface area contributed by atoms with E-state index in [0.29, 0.717) is 12.4 Å². The highest BCUT2D eigenvalue weighted by Crippen LogP contribution is 2.29. The summed E-state index contributed by atoms with van der Waals surface area (Å²) < 4.78 is 25.0. The third-order valence-electron chi connectivity index (χ3n) is 2.08. The predicted molar refractivity (Wildman–Crippen MR) is 69.7 cm³/mol. The van der Waals surface area contributed by atoms with Crippen molar-refractivity contribution in [3.05, 3.63) is 15.2 Å². The molecule has 0 aromatic carbocycles. The lowest BCUT2D eigenvalue weighted by atomic mass is 10.3. The summed E-state index contributed by atoms with van der Waals surface area (Å²) in [6.45, 7) is 2.23. The van der Waals surface area contributed by atoms with Gasteiger partial charge >= 0.3 is 0 Å². The molecule has 0 fully saturated rings. The van der Waals surface area contributed by atoms with Crippen molar-refractivity contribution >= 4 is 47.0 Å². The molecular weight excluding hydrogens is 350 g/mol. The van der Waals surface area contributed by atoms with Gasteiger partial charge in [-0.15, -0.1) is 21.5 Å². The minimum atomic E-state index is -3.87. The van der Waals surface area contributed by atoms with Gasteiger partial charge in [0.25, 0.3) is 14.2 Å². The zero-order chi connectivity index (χ0) is 12.6. The van der Waals surface area contributed by atoms with E-state index in [-0.39, 0.29) is 5.16 Å².